The van der Waals surface area contributed by atoms with Gasteiger partial charge < -0.3 is 9.31 Å². The second-order valence-electron chi connectivity index (χ2n) is 14.1. The second kappa shape index (κ2) is 36.0. The van der Waals surface area contributed by atoms with E-state index in [1.807, 2.05) is 0 Å². The molecule has 2 nitrogen and oxygen atoms in total. The maximum Gasteiger partial charge on any atom is 0.493 e. The lowest BCUT2D eigenvalue weighted by Gasteiger charge is -2.15. The van der Waals surface area contributed by atoms with Crippen LogP contribution in [-0.4, -0.2) is 20.3 Å². The average molecular weight is 627 g/mol. The molecule has 0 aromatic heterocycles. The van der Waals surface area contributed by atoms with Gasteiger partial charge in [0.25, 0.3) is 0 Å². The molecule has 1 aromatic carbocycles. The van der Waals surface area contributed by atoms with Crippen molar-refractivity contribution in [3.05, 3.63) is 30.3 Å². The van der Waals surface area contributed by atoms with E-state index in [0.717, 1.165) is 31.5 Å². The summed E-state index contributed by atoms with van der Waals surface area (Å²) in [6, 6.07) is 10.6. The number of hydrogen-bond acceptors (Lipinski definition) is 2. The highest BCUT2D eigenvalue weighted by molar-refractivity contribution is 6.61. The molecule has 45 heavy (non-hydrogen) atoms. The fourth-order valence-electron chi connectivity index (χ4n) is 6.53. The zero-order chi connectivity index (χ0) is 32.1. The molecule has 0 heterocycles. The first-order chi connectivity index (χ1) is 22.4. The average Bonchev–Trinajstić information content (AvgIpc) is 3.07. The molecule has 262 valence electrons. The summed E-state index contributed by atoms with van der Waals surface area (Å²) in [5.41, 5.74) is 1.16. The Balaban J connectivity index is 1.94. The molecule has 0 aliphatic carbocycles. The largest absolute Gasteiger partial charge is 0.493 e. The van der Waals surface area contributed by atoms with E-state index in [0.29, 0.717) is 0 Å². The van der Waals surface area contributed by atoms with Gasteiger partial charge in [0.15, 0.2) is 0 Å². The highest BCUT2D eigenvalue weighted by atomic mass is 16.6. The highest BCUT2D eigenvalue weighted by Gasteiger charge is 2.20. The van der Waals surface area contributed by atoms with Crippen molar-refractivity contribution in [3.8, 4) is 0 Å². The summed E-state index contributed by atoms with van der Waals surface area (Å²) in [6.45, 7) is 6.21. The monoisotopic (exact) mass is 627 g/mol. The van der Waals surface area contributed by atoms with Crippen LogP contribution < -0.4 is 5.46 Å². The van der Waals surface area contributed by atoms with Gasteiger partial charge in [-0.3, -0.25) is 0 Å². The van der Waals surface area contributed by atoms with Crippen molar-refractivity contribution >= 4 is 12.6 Å². The van der Waals surface area contributed by atoms with E-state index in [1.165, 1.54) is 193 Å². The van der Waals surface area contributed by atoms with Crippen LogP contribution in [-0.2, 0) is 9.31 Å². The van der Waals surface area contributed by atoms with Gasteiger partial charge in [-0.2, -0.15) is 0 Å². The van der Waals surface area contributed by atoms with Gasteiger partial charge in [0.1, 0.15) is 0 Å². The Labute approximate surface area is 284 Å². The van der Waals surface area contributed by atoms with Crippen LogP contribution in [0, 0.1) is 0 Å². The third-order valence-electron chi connectivity index (χ3n) is 9.61. The van der Waals surface area contributed by atoms with Crippen molar-refractivity contribution < 1.29 is 9.31 Å². The van der Waals surface area contributed by atoms with Gasteiger partial charge in [-0.15, -0.1) is 0 Å². The van der Waals surface area contributed by atoms with Crippen LogP contribution in [0.5, 0.6) is 0 Å². The molecule has 0 bridgehead atoms. The molecule has 1 rings (SSSR count). The van der Waals surface area contributed by atoms with E-state index in [-0.39, 0.29) is 7.12 Å². The first-order valence-corrected chi connectivity index (χ1v) is 20.7. The molecule has 3 heteroatoms. The number of rotatable bonds is 37. The van der Waals surface area contributed by atoms with Crippen LogP contribution in [0.15, 0.2) is 30.3 Å². The second-order valence-corrected chi connectivity index (χ2v) is 14.1. The lowest BCUT2D eigenvalue weighted by molar-refractivity contribution is 0.199. The quantitative estimate of drug-likeness (QED) is 0.0540. The normalized spacial score (nSPS) is 11.4. The van der Waals surface area contributed by atoms with E-state index in [1.54, 1.807) is 0 Å². The third-order valence-corrected chi connectivity index (χ3v) is 9.61. The van der Waals surface area contributed by atoms with E-state index in [2.05, 4.69) is 44.2 Å². The number of hydrogen-bond donors (Lipinski definition) is 0. The molecule has 1 aromatic rings. The Morgan fingerprint density at radius 2 is 0.578 bits per heavy atom. The summed E-state index contributed by atoms with van der Waals surface area (Å²) in [6.07, 6.45) is 44.8. The van der Waals surface area contributed by atoms with Gasteiger partial charge in [-0.25, -0.2) is 0 Å². The van der Waals surface area contributed by atoms with Gasteiger partial charge in [0.05, 0.1) is 0 Å². The van der Waals surface area contributed by atoms with Crippen LogP contribution in [0.2, 0.25) is 0 Å². The molecule has 0 unspecified atom stereocenters. The summed E-state index contributed by atoms with van der Waals surface area (Å²) in [7, 11) is -0.209. The Morgan fingerprint density at radius 1 is 0.333 bits per heavy atom. The van der Waals surface area contributed by atoms with Gasteiger partial charge in [-0.05, 0) is 18.3 Å². The molecule has 0 radical (unpaired) electrons. The first-order valence-electron chi connectivity index (χ1n) is 20.7. The van der Waals surface area contributed by atoms with Crippen LogP contribution in [0.4, 0.5) is 0 Å². The van der Waals surface area contributed by atoms with Gasteiger partial charge >= 0.3 is 7.12 Å². The zero-order valence-corrected chi connectivity index (χ0v) is 30.8. The Bertz CT molecular complexity index is 628. The van der Waals surface area contributed by atoms with Crippen molar-refractivity contribution in [2.45, 2.75) is 219 Å². The molecule has 0 fully saturated rings. The summed E-state index contributed by atoms with van der Waals surface area (Å²) >= 11 is 0. The molecule has 0 N–H and O–H groups in total. The Hall–Kier alpha value is -0.795. The SMILES string of the molecule is CCCCCCCCCCCCCCCCCCOB(OCCCCCCCCCCCCCCCCCC)c1ccccc1. The minimum Gasteiger partial charge on any atom is -0.407 e. The Kier molecular flexibility index (Phi) is 33.8. The molecule has 0 spiro atoms. The first kappa shape index (κ1) is 42.2. The van der Waals surface area contributed by atoms with Crippen molar-refractivity contribution in [2.24, 2.45) is 0 Å². The van der Waals surface area contributed by atoms with Crippen molar-refractivity contribution in [2.75, 3.05) is 13.2 Å². The van der Waals surface area contributed by atoms with E-state index in [4.69, 9.17) is 9.31 Å². The molecular formula is C42H79BO2. The molecule has 0 saturated carbocycles. The fraction of sp³-hybridized carbons (Fsp3) is 0.857. The van der Waals surface area contributed by atoms with Gasteiger partial charge in [0, 0.05) is 13.2 Å². The van der Waals surface area contributed by atoms with Crippen LogP contribution in [0.3, 0.4) is 0 Å². The number of benzene rings is 1. The standard InChI is InChI=1S/C42H79BO2/c1-3-5-7-9-11-13-15-17-19-21-23-25-27-29-31-36-40-44-43(42-38-34-33-35-39-42)45-41-37-32-30-28-26-24-22-20-18-16-14-12-10-8-6-4-2/h33-35,38-39H,3-32,36-37,40-41H2,1-2H3. The molecular weight excluding hydrogens is 547 g/mol. The predicted molar refractivity (Wildman–Crippen MR) is 203 cm³/mol. The molecule has 0 aliphatic rings. The minimum atomic E-state index is -0.209. The number of unbranched alkanes of at least 4 members (excludes halogenated alkanes) is 30. The van der Waals surface area contributed by atoms with Crippen molar-refractivity contribution in [3.63, 3.8) is 0 Å². The maximum atomic E-state index is 6.25. The van der Waals surface area contributed by atoms with E-state index in [9.17, 15) is 0 Å². The molecule has 0 aliphatic heterocycles. The molecule has 0 atom stereocenters. The fourth-order valence-corrected chi connectivity index (χ4v) is 6.53. The summed E-state index contributed by atoms with van der Waals surface area (Å²) < 4.78 is 12.5. The van der Waals surface area contributed by atoms with E-state index >= 15 is 0 Å². The van der Waals surface area contributed by atoms with Crippen LogP contribution in [0.1, 0.15) is 219 Å². The van der Waals surface area contributed by atoms with Crippen LogP contribution >= 0.6 is 0 Å². The summed E-state index contributed by atoms with van der Waals surface area (Å²) in [5.74, 6) is 0. The van der Waals surface area contributed by atoms with E-state index < -0.39 is 0 Å². The van der Waals surface area contributed by atoms with Crippen molar-refractivity contribution in [1.29, 1.82) is 0 Å². The lowest BCUT2D eigenvalue weighted by atomic mass is 9.79. The minimum absolute atomic E-state index is 0.209. The smallest absolute Gasteiger partial charge is 0.407 e. The molecule has 0 saturated heterocycles. The molecule has 0 amide bonds. The summed E-state index contributed by atoms with van der Waals surface area (Å²) in [5, 5.41) is 0. The lowest BCUT2D eigenvalue weighted by Crippen LogP contribution is -2.37. The van der Waals surface area contributed by atoms with Crippen molar-refractivity contribution in [1.82, 2.24) is 0 Å². The highest BCUT2D eigenvalue weighted by Crippen LogP contribution is 2.15. The Morgan fingerprint density at radius 3 is 0.844 bits per heavy atom. The zero-order valence-electron chi connectivity index (χ0n) is 30.8. The predicted octanol–water partition coefficient (Wildman–Crippen LogP) is 13.9. The summed E-state index contributed by atoms with van der Waals surface area (Å²) in [4.78, 5) is 0. The topological polar surface area (TPSA) is 18.5 Å². The third kappa shape index (κ3) is 30.3. The van der Waals surface area contributed by atoms with Gasteiger partial charge in [-0.1, -0.05) is 237 Å². The van der Waals surface area contributed by atoms with Gasteiger partial charge in [0.2, 0.25) is 0 Å². The maximum absolute atomic E-state index is 6.25. The van der Waals surface area contributed by atoms with Crippen LogP contribution in [0.25, 0.3) is 0 Å².